The van der Waals surface area contributed by atoms with Crippen LogP contribution in [0.25, 0.3) is 0 Å². The molecule has 1 amide bonds. The van der Waals surface area contributed by atoms with Gasteiger partial charge in [0, 0.05) is 18.7 Å². The van der Waals surface area contributed by atoms with Gasteiger partial charge in [-0.15, -0.1) is 0 Å². The molecule has 0 aliphatic carbocycles. The molecular formula is C17H28BNO6. The minimum Gasteiger partial charge on any atom is -0.423 e. The third kappa shape index (κ3) is 6.76. The first-order chi connectivity index (χ1) is 11.4. The molecule has 1 aliphatic rings. The van der Waals surface area contributed by atoms with Crippen molar-refractivity contribution in [3.8, 4) is 0 Å². The van der Waals surface area contributed by atoms with Gasteiger partial charge in [-0.25, -0.2) is 0 Å². The van der Waals surface area contributed by atoms with E-state index in [-0.39, 0.29) is 5.91 Å². The number of carbonyl (C=O) groups excluding carboxylic acids is 1. The summed E-state index contributed by atoms with van der Waals surface area (Å²) in [5.74, 6) is -0.0488. The molecule has 1 aromatic rings. The Kier molecular flexibility index (Phi) is 7.58. The number of hydrogen-bond acceptors (Lipinski definition) is 6. The van der Waals surface area contributed by atoms with Crippen molar-refractivity contribution in [2.24, 2.45) is 0 Å². The van der Waals surface area contributed by atoms with Crippen LogP contribution in [0.1, 0.15) is 38.1 Å². The molecule has 2 rings (SSSR count). The highest BCUT2D eigenvalue weighted by Gasteiger charge is 2.31. The lowest BCUT2D eigenvalue weighted by atomic mass is 9.80. The van der Waals surface area contributed by atoms with E-state index in [9.17, 15) is 4.79 Å². The van der Waals surface area contributed by atoms with Crippen LogP contribution in [0.3, 0.4) is 0 Å². The Labute approximate surface area is 149 Å². The Bertz CT molecular complexity index is 530. The van der Waals surface area contributed by atoms with Crippen molar-refractivity contribution in [2.75, 3.05) is 26.3 Å². The van der Waals surface area contributed by atoms with Gasteiger partial charge in [-0.3, -0.25) is 4.79 Å². The summed E-state index contributed by atoms with van der Waals surface area (Å²) in [4.78, 5) is 13.8. The van der Waals surface area contributed by atoms with Crippen molar-refractivity contribution in [1.29, 1.82) is 0 Å². The Hall–Kier alpha value is -1.45. The Balaban J connectivity index is 0.000000333. The SMILES string of the molecule is CC(C)(O)C(C)(C)O.O=C(c1ccc(B(O)O)cc1)N1CCOCC1. The lowest BCUT2D eigenvalue weighted by molar-refractivity contribution is -0.107. The van der Waals surface area contributed by atoms with E-state index in [1.807, 2.05) is 0 Å². The van der Waals surface area contributed by atoms with Crippen LogP contribution in [0, 0.1) is 0 Å². The Morgan fingerprint density at radius 1 is 1.00 bits per heavy atom. The largest absolute Gasteiger partial charge is 0.488 e. The quantitative estimate of drug-likeness (QED) is 0.539. The van der Waals surface area contributed by atoms with Gasteiger partial charge >= 0.3 is 7.12 Å². The zero-order valence-electron chi connectivity index (χ0n) is 15.3. The van der Waals surface area contributed by atoms with E-state index in [0.717, 1.165) is 0 Å². The molecule has 25 heavy (non-hydrogen) atoms. The summed E-state index contributed by atoms with van der Waals surface area (Å²) in [6, 6.07) is 6.29. The van der Waals surface area contributed by atoms with E-state index in [2.05, 4.69) is 0 Å². The second-order valence-electron chi connectivity index (χ2n) is 7.02. The highest BCUT2D eigenvalue weighted by atomic mass is 16.5. The van der Waals surface area contributed by atoms with Crippen LogP contribution in [0.4, 0.5) is 0 Å². The summed E-state index contributed by atoms with van der Waals surface area (Å²) in [7, 11) is -1.50. The average Bonchev–Trinajstić information content (AvgIpc) is 2.54. The third-order valence-corrected chi connectivity index (χ3v) is 4.25. The van der Waals surface area contributed by atoms with Crippen LogP contribution in [0.15, 0.2) is 24.3 Å². The van der Waals surface area contributed by atoms with Gasteiger partial charge in [-0.1, -0.05) is 12.1 Å². The number of nitrogens with zero attached hydrogens (tertiary/aromatic N) is 1. The van der Waals surface area contributed by atoms with Gasteiger partial charge in [0.05, 0.1) is 24.4 Å². The van der Waals surface area contributed by atoms with E-state index in [0.29, 0.717) is 37.3 Å². The number of carbonyl (C=O) groups is 1. The van der Waals surface area contributed by atoms with Gasteiger partial charge in [0.1, 0.15) is 0 Å². The fourth-order valence-corrected chi connectivity index (χ4v) is 1.75. The van der Waals surface area contributed by atoms with Gasteiger partial charge < -0.3 is 29.9 Å². The smallest absolute Gasteiger partial charge is 0.423 e. The standard InChI is InChI=1S/C11H14BNO4.C6H14O2/c14-11(13-5-7-17-8-6-13)9-1-3-10(4-2-9)12(15)16;1-5(2,7)6(3,4)8/h1-4,15-16H,5-8H2;7-8H,1-4H3. The first kappa shape index (κ1) is 21.6. The minimum absolute atomic E-state index is 0.0488. The summed E-state index contributed by atoms with van der Waals surface area (Å²) in [6.07, 6.45) is 0. The third-order valence-electron chi connectivity index (χ3n) is 4.25. The van der Waals surface area contributed by atoms with Crippen molar-refractivity contribution < 1.29 is 29.8 Å². The molecule has 0 aromatic heterocycles. The van der Waals surface area contributed by atoms with Crippen LogP contribution in [-0.2, 0) is 4.74 Å². The molecule has 8 heteroatoms. The van der Waals surface area contributed by atoms with E-state index >= 15 is 0 Å². The maximum atomic E-state index is 12.0. The summed E-state index contributed by atoms with van der Waals surface area (Å²) in [6.45, 7) is 8.64. The second-order valence-corrected chi connectivity index (χ2v) is 7.02. The summed E-state index contributed by atoms with van der Waals surface area (Å²) < 4.78 is 5.18. The van der Waals surface area contributed by atoms with Crippen LogP contribution in [0.2, 0.25) is 0 Å². The number of aliphatic hydroxyl groups is 2. The number of morpholine rings is 1. The van der Waals surface area contributed by atoms with Gasteiger partial charge in [-0.2, -0.15) is 0 Å². The topological polar surface area (TPSA) is 110 Å². The highest BCUT2D eigenvalue weighted by Crippen LogP contribution is 2.19. The van der Waals surface area contributed by atoms with Gasteiger partial charge in [0.15, 0.2) is 0 Å². The van der Waals surface area contributed by atoms with E-state index in [1.165, 1.54) is 0 Å². The van der Waals surface area contributed by atoms with Gasteiger partial charge in [-0.05, 0) is 45.3 Å². The van der Waals surface area contributed by atoms with Crippen LogP contribution >= 0.6 is 0 Å². The summed E-state index contributed by atoms with van der Waals surface area (Å²) >= 11 is 0. The molecule has 1 heterocycles. The molecule has 0 atom stereocenters. The molecule has 0 spiro atoms. The molecule has 0 unspecified atom stereocenters. The van der Waals surface area contributed by atoms with Gasteiger partial charge in [0.25, 0.3) is 5.91 Å². The monoisotopic (exact) mass is 353 g/mol. The fraction of sp³-hybridized carbons (Fsp3) is 0.588. The minimum atomic E-state index is -1.50. The highest BCUT2D eigenvalue weighted by molar-refractivity contribution is 6.58. The Morgan fingerprint density at radius 3 is 1.80 bits per heavy atom. The molecule has 0 bridgehead atoms. The van der Waals surface area contributed by atoms with Crippen molar-refractivity contribution >= 4 is 18.5 Å². The zero-order chi connectivity index (χ0) is 19.3. The van der Waals surface area contributed by atoms with Crippen LogP contribution < -0.4 is 5.46 Å². The fourth-order valence-electron chi connectivity index (χ4n) is 1.75. The molecule has 0 radical (unpaired) electrons. The first-order valence-corrected chi connectivity index (χ1v) is 8.21. The average molecular weight is 353 g/mol. The van der Waals surface area contributed by atoms with Crippen molar-refractivity contribution in [1.82, 2.24) is 4.90 Å². The lowest BCUT2D eigenvalue weighted by Crippen LogP contribution is -2.44. The molecule has 1 fully saturated rings. The molecule has 4 N–H and O–H groups in total. The number of amides is 1. The molecule has 1 aromatic carbocycles. The molecule has 7 nitrogen and oxygen atoms in total. The molecule has 140 valence electrons. The second kappa shape index (κ2) is 8.78. The molecule has 1 saturated heterocycles. The maximum absolute atomic E-state index is 12.0. The number of hydrogen-bond donors (Lipinski definition) is 4. The molecule has 0 saturated carbocycles. The lowest BCUT2D eigenvalue weighted by Gasteiger charge is -2.31. The zero-order valence-corrected chi connectivity index (χ0v) is 15.3. The van der Waals surface area contributed by atoms with Crippen LogP contribution in [0.5, 0.6) is 0 Å². The first-order valence-electron chi connectivity index (χ1n) is 8.21. The summed E-state index contributed by atoms with van der Waals surface area (Å²) in [5, 5.41) is 36.1. The normalized spacial score (nSPS) is 15.3. The predicted octanol–water partition coefficient (Wildman–Crippen LogP) is -0.633. The van der Waals surface area contributed by atoms with E-state index < -0.39 is 18.3 Å². The van der Waals surface area contributed by atoms with Crippen LogP contribution in [-0.4, -0.2) is 75.7 Å². The van der Waals surface area contributed by atoms with Crippen molar-refractivity contribution in [2.45, 2.75) is 38.9 Å². The predicted molar refractivity (Wildman–Crippen MR) is 95.6 cm³/mol. The summed E-state index contributed by atoms with van der Waals surface area (Å²) in [5.41, 5.74) is -1.08. The number of benzene rings is 1. The number of rotatable bonds is 3. The maximum Gasteiger partial charge on any atom is 0.488 e. The van der Waals surface area contributed by atoms with E-state index in [4.69, 9.17) is 25.0 Å². The molecular weight excluding hydrogens is 325 g/mol. The van der Waals surface area contributed by atoms with Crippen molar-refractivity contribution in [3.63, 3.8) is 0 Å². The van der Waals surface area contributed by atoms with Crippen molar-refractivity contribution in [3.05, 3.63) is 29.8 Å². The molecule has 1 aliphatic heterocycles. The number of ether oxygens (including phenoxy) is 1. The van der Waals surface area contributed by atoms with E-state index in [1.54, 1.807) is 56.9 Å². The van der Waals surface area contributed by atoms with Gasteiger partial charge in [0.2, 0.25) is 0 Å². The Morgan fingerprint density at radius 2 is 1.44 bits per heavy atom.